The van der Waals surface area contributed by atoms with Crippen LogP contribution in [0.2, 0.25) is 0 Å². The predicted molar refractivity (Wildman–Crippen MR) is 211 cm³/mol. The molecule has 0 radical (unpaired) electrons. The van der Waals surface area contributed by atoms with Gasteiger partial charge in [-0.25, -0.2) is 22.5 Å². The molecule has 0 amide bonds. The van der Waals surface area contributed by atoms with Crippen molar-refractivity contribution in [3.05, 3.63) is 70.4 Å². The summed E-state index contributed by atoms with van der Waals surface area (Å²) >= 11 is 0.567. The lowest BCUT2D eigenvalue weighted by molar-refractivity contribution is -0.138. The van der Waals surface area contributed by atoms with E-state index in [4.69, 9.17) is 25.0 Å². The van der Waals surface area contributed by atoms with Crippen molar-refractivity contribution < 1.29 is 63.3 Å². The van der Waals surface area contributed by atoms with Gasteiger partial charge in [0.25, 0.3) is 12.5 Å². The number of rotatable bonds is 9. The first-order valence-corrected chi connectivity index (χ1v) is 20.5. The molecule has 2 fully saturated rings. The minimum absolute atomic E-state index is 0.0727. The number of pyridine rings is 1. The van der Waals surface area contributed by atoms with Crippen LogP contribution in [0, 0.1) is 23.0 Å². The summed E-state index contributed by atoms with van der Waals surface area (Å²) in [7, 11) is -1.77. The Morgan fingerprint density at radius 1 is 1.19 bits per heavy atom. The van der Waals surface area contributed by atoms with Crippen LogP contribution in [0.25, 0.3) is 32.1 Å². The topological polar surface area (TPSA) is 184 Å². The summed E-state index contributed by atoms with van der Waals surface area (Å²) in [5.74, 6) is -4.37. The number of thiophene rings is 1. The number of nitrogens with zero attached hydrogens (tertiary/aromatic N) is 5. The van der Waals surface area contributed by atoms with E-state index in [1.54, 1.807) is 6.07 Å². The van der Waals surface area contributed by atoms with Gasteiger partial charge in [0.15, 0.2) is 5.82 Å². The third-order valence-electron chi connectivity index (χ3n) is 10.8. The lowest BCUT2D eigenvalue weighted by atomic mass is 9.72. The Balaban J connectivity index is 0.000000453. The van der Waals surface area contributed by atoms with Gasteiger partial charge in [-0.2, -0.15) is 37.2 Å². The minimum Gasteiger partial charge on any atom is -0.490 e. The van der Waals surface area contributed by atoms with Gasteiger partial charge in [-0.1, -0.05) is 12.1 Å². The highest BCUT2D eigenvalue weighted by Gasteiger charge is 2.47. The molecular formula is C38H34F9N8O5PS. The van der Waals surface area contributed by atoms with E-state index in [0.717, 1.165) is 43.5 Å². The first-order valence-electron chi connectivity index (χ1n) is 18.5. The van der Waals surface area contributed by atoms with Crippen LogP contribution in [0.15, 0.2) is 42.1 Å². The largest absolute Gasteiger partial charge is 0.490 e. The van der Waals surface area contributed by atoms with Crippen molar-refractivity contribution in [2.24, 2.45) is 0 Å². The molecule has 0 bridgehead atoms. The maximum absolute atomic E-state index is 17.1. The van der Waals surface area contributed by atoms with Crippen LogP contribution in [0.4, 0.5) is 56.2 Å². The number of nitrogens with one attached hydrogen (secondary N) is 2. The van der Waals surface area contributed by atoms with Crippen LogP contribution in [-0.2, 0) is 10.7 Å². The normalized spacial score (nSPS) is 19.0. The van der Waals surface area contributed by atoms with E-state index in [0.29, 0.717) is 29.8 Å². The third kappa shape index (κ3) is 8.22. The summed E-state index contributed by atoms with van der Waals surface area (Å²) in [6.45, 7) is 0.772. The van der Waals surface area contributed by atoms with Gasteiger partial charge >= 0.3 is 20.8 Å². The fraction of sp³-hybridized carbons (Fsp3) is 0.368. The number of nitrogen functional groups attached to an aromatic ring is 1. The molecule has 330 valence electrons. The number of nitrogens with two attached hydrogens (primary N) is 1. The number of benzene rings is 2. The van der Waals surface area contributed by atoms with E-state index in [1.807, 2.05) is 0 Å². The lowest BCUT2D eigenvalue weighted by Crippen LogP contribution is -2.47. The Morgan fingerprint density at radius 2 is 1.94 bits per heavy atom. The molecule has 1 aliphatic carbocycles. The summed E-state index contributed by atoms with van der Waals surface area (Å²) in [5, 5.41) is 14.6. The second-order valence-corrected chi connectivity index (χ2v) is 16.2. The average molecular weight is 917 g/mol. The summed E-state index contributed by atoms with van der Waals surface area (Å²) in [5.41, 5.74) is 1.83. The van der Waals surface area contributed by atoms with Gasteiger partial charge in [0.05, 0.1) is 28.8 Å². The summed E-state index contributed by atoms with van der Waals surface area (Å²) in [6.07, 6.45) is -5.44. The second-order valence-electron chi connectivity index (χ2n) is 14.4. The SMILES string of the molecule is COc1nc2c3c(c(C(F)(F)F)c(-c4ccc(F)c5sc(NCOP(O)O)c(C#N)c45)c(F)c3n1)OCC(C(F)F)N2C(C)c1cccnc1N.FC(F)=C1CC2(CCCN2)C1. The van der Waals surface area contributed by atoms with E-state index < -0.39 is 120 Å². The van der Waals surface area contributed by atoms with Gasteiger partial charge in [-0.15, -0.1) is 11.3 Å². The quantitative estimate of drug-likeness (QED) is 0.0537. The molecule has 2 aliphatic heterocycles. The Labute approximate surface area is 350 Å². The molecule has 62 heavy (non-hydrogen) atoms. The van der Waals surface area contributed by atoms with E-state index in [-0.39, 0.29) is 26.6 Å². The molecule has 1 spiro atoms. The van der Waals surface area contributed by atoms with Crippen molar-refractivity contribution in [2.45, 2.75) is 62.8 Å². The highest BCUT2D eigenvalue weighted by molar-refractivity contribution is 7.39. The zero-order valence-corrected chi connectivity index (χ0v) is 34.0. The van der Waals surface area contributed by atoms with Crippen molar-refractivity contribution in [3.63, 3.8) is 0 Å². The number of methoxy groups -OCH3 is 1. The summed E-state index contributed by atoms with van der Waals surface area (Å²) < 4.78 is 147. The van der Waals surface area contributed by atoms with Crippen LogP contribution >= 0.6 is 19.9 Å². The number of nitriles is 1. The molecule has 13 nitrogen and oxygen atoms in total. The first kappa shape index (κ1) is 44.8. The lowest BCUT2D eigenvalue weighted by Gasteiger charge is -2.40. The van der Waals surface area contributed by atoms with Gasteiger partial charge in [0, 0.05) is 28.2 Å². The second kappa shape index (κ2) is 17.5. The molecule has 24 heteroatoms. The summed E-state index contributed by atoms with van der Waals surface area (Å²) in [4.78, 5) is 31.2. The third-order valence-corrected chi connectivity index (χ3v) is 12.3. The van der Waals surface area contributed by atoms with Crippen molar-refractivity contribution >= 4 is 57.6 Å². The van der Waals surface area contributed by atoms with Crippen molar-refractivity contribution in [2.75, 3.05) is 42.9 Å². The van der Waals surface area contributed by atoms with Gasteiger partial charge in [-0.3, -0.25) is 4.52 Å². The molecule has 3 aromatic heterocycles. The fourth-order valence-electron chi connectivity index (χ4n) is 8.05. The molecule has 5 heterocycles. The number of hydrogen-bond donors (Lipinski definition) is 5. The Bertz CT molecular complexity index is 2590. The molecule has 3 aliphatic rings. The number of anilines is 3. The number of ether oxygens (including phenoxy) is 2. The van der Waals surface area contributed by atoms with Crippen LogP contribution in [-0.4, -0.2) is 69.7 Å². The van der Waals surface area contributed by atoms with Crippen LogP contribution in [0.1, 0.15) is 55.3 Å². The monoisotopic (exact) mass is 916 g/mol. The van der Waals surface area contributed by atoms with Crippen molar-refractivity contribution in [1.82, 2.24) is 20.3 Å². The maximum Gasteiger partial charge on any atom is 0.420 e. The number of hydrogen-bond acceptors (Lipinski definition) is 14. The number of aromatic nitrogens is 3. The predicted octanol–water partition coefficient (Wildman–Crippen LogP) is 8.91. The van der Waals surface area contributed by atoms with Crippen LogP contribution < -0.4 is 30.7 Å². The molecule has 8 rings (SSSR count). The van der Waals surface area contributed by atoms with Gasteiger partial charge in [0.1, 0.15) is 64.7 Å². The molecule has 6 N–H and O–H groups in total. The van der Waals surface area contributed by atoms with Gasteiger partial charge in [0.2, 0.25) is 0 Å². The van der Waals surface area contributed by atoms with Crippen LogP contribution in [0.5, 0.6) is 11.8 Å². The zero-order chi connectivity index (χ0) is 44.8. The standard InChI is InChI=1S/C30H23F7N7O5PS.C8H11F2N/c1-11(12-4-3-7-40-26(12)39)44-16(25(33)34)9-48-23-19-22(42-29(47-2)43-27(19)44)21(32)18(20(23)30(35,36)37)13-5-6-15(31)24-17(13)14(8-38)28(51-24)41-10-49-50(45)46;9-7(10)6-4-8(5-6)2-1-3-11-8/h3-7,11,16,25,41,45-46H,9-10H2,1-2H3,(H2,39,40);11H,1-5H2. The van der Waals surface area contributed by atoms with E-state index in [2.05, 4.69) is 30.1 Å². The smallest absolute Gasteiger partial charge is 0.420 e. The zero-order valence-electron chi connectivity index (χ0n) is 32.3. The molecule has 1 saturated heterocycles. The van der Waals surface area contributed by atoms with Crippen molar-refractivity contribution in [1.29, 1.82) is 5.26 Å². The van der Waals surface area contributed by atoms with Crippen LogP contribution in [0.3, 0.4) is 0 Å². The fourth-order valence-corrected chi connectivity index (χ4v) is 9.29. The Morgan fingerprint density at radius 3 is 2.53 bits per heavy atom. The van der Waals surface area contributed by atoms with E-state index in [1.165, 1.54) is 25.3 Å². The Hall–Kier alpha value is -5.24. The average Bonchev–Trinajstić information content (AvgIpc) is 3.81. The summed E-state index contributed by atoms with van der Waals surface area (Å²) in [6, 6.07) is 2.58. The maximum atomic E-state index is 17.1. The molecule has 2 atom stereocenters. The first-order chi connectivity index (χ1) is 29.4. The van der Waals surface area contributed by atoms with Gasteiger partial charge in [-0.05, 0) is 62.4 Å². The molecule has 2 unspecified atom stereocenters. The molecule has 5 aromatic rings. The molecule has 2 aromatic carbocycles. The Kier molecular flexibility index (Phi) is 12.6. The van der Waals surface area contributed by atoms with E-state index >= 15 is 22.0 Å². The van der Waals surface area contributed by atoms with Crippen molar-refractivity contribution in [3.8, 4) is 29.0 Å². The highest BCUT2D eigenvalue weighted by Crippen LogP contribution is 2.55. The minimum atomic E-state index is -5.45. The molecule has 1 saturated carbocycles. The highest BCUT2D eigenvalue weighted by atomic mass is 32.1. The number of fused-ring (bicyclic) bond motifs is 1. The van der Waals surface area contributed by atoms with E-state index in [9.17, 15) is 22.8 Å². The molecular weight excluding hydrogens is 882 g/mol. The van der Waals surface area contributed by atoms with Gasteiger partial charge < -0.3 is 40.5 Å². The number of halogens is 9. The number of alkyl halides is 5.